The molecule has 0 bridgehead atoms. The second-order valence-corrected chi connectivity index (χ2v) is 4.99. The molecule has 0 spiro atoms. The lowest BCUT2D eigenvalue weighted by Crippen LogP contribution is -2.01. The molecule has 0 aromatic carbocycles. The molecule has 0 aliphatic heterocycles. The van der Waals surface area contributed by atoms with Crippen LogP contribution in [0.3, 0.4) is 0 Å². The van der Waals surface area contributed by atoms with Gasteiger partial charge in [0.2, 0.25) is 0 Å². The van der Waals surface area contributed by atoms with E-state index in [0.29, 0.717) is 0 Å². The monoisotopic (exact) mass is 190 g/mol. The van der Waals surface area contributed by atoms with Crippen LogP contribution in [-0.4, -0.2) is 0 Å². The minimum absolute atomic E-state index is 0.925. The van der Waals surface area contributed by atoms with Crippen molar-refractivity contribution in [1.29, 1.82) is 0 Å². The SMILES string of the molecule is CCC1=C(CC)CC2=C(C1)CC(C)C2. The van der Waals surface area contributed by atoms with Crippen LogP contribution in [-0.2, 0) is 0 Å². The minimum Gasteiger partial charge on any atom is -0.0669 e. The Bertz CT molecular complexity index is 263. The Morgan fingerprint density at radius 3 is 1.71 bits per heavy atom. The molecule has 0 N–H and O–H groups in total. The van der Waals surface area contributed by atoms with Crippen LogP contribution in [0.4, 0.5) is 0 Å². The molecule has 0 unspecified atom stereocenters. The lowest BCUT2D eigenvalue weighted by Gasteiger charge is -2.21. The summed E-state index contributed by atoms with van der Waals surface area (Å²) in [5.41, 5.74) is 7.10. The third-order valence-corrected chi connectivity index (χ3v) is 3.90. The third-order valence-electron chi connectivity index (χ3n) is 3.90. The molecule has 2 aliphatic carbocycles. The Hall–Kier alpha value is -0.520. The highest BCUT2D eigenvalue weighted by Gasteiger charge is 2.25. The summed E-state index contributed by atoms with van der Waals surface area (Å²) in [6.45, 7) is 7.03. The first-order valence-electron chi connectivity index (χ1n) is 6.14. The van der Waals surface area contributed by atoms with E-state index in [1.807, 2.05) is 0 Å². The second-order valence-electron chi connectivity index (χ2n) is 4.99. The van der Waals surface area contributed by atoms with Gasteiger partial charge in [-0.1, -0.05) is 43.1 Å². The molecule has 2 rings (SSSR count). The van der Waals surface area contributed by atoms with Gasteiger partial charge in [-0.3, -0.25) is 0 Å². The van der Waals surface area contributed by atoms with Gasteiger partial charge >= 0.3 is 0 Å². The number of rotatable bonds is 2. The number of hydrogen-bond donors (Lipinski definition) is 0. The van der Waals surface area contributed by atoms with Crippen LogP contribution in [0.15, 0.2) is 22.3 Å². The summed E-state index contributed by atoms with van der Waals surface area (Å²) in [7, 11) is 0. The first-order valence-corrected chi connectivity index (χ1v) is 6.14. The van der Waals surface area contributed by atoms with E-state index >= 15 is 0 Å². The van der Waals surface area contributed by atoms with Crippen LogP contribution in [0.25, 0.3) is 0 Å². The second kappa shape index (κ2) is 3.92. The fraction of sp³-hybridized carbons (Fsp3) is 0.714. The number of hydrogen-bond acceptors (Lipinski definition) is 0. The maximum atomic E-state index is 2.40. The van der Waals surface area contributed by atoms with Gasteiger partial charge < -0.3 is 0 Å². The maximum Gasteiger partial charge on any atom is -0.0103 e. The molecule has 2 aliphatic rings. The van der Waals surface area contributed by atoms with Crippen molar-refractivity contribution in [2.75, 3.05) is 0 Å². The zero-order valence-electron chi connectivity index (χ0n) is 9.82. The molecule has 0 nitrogen and oxygen atoms in total. The highest BCUT2D eigenvalue weighted by Crippen LogP contribution is 2.43. The van der Waals surface area contributed by atoms with Crippen molar-refractivity contribution in [2.45, 2.75) is 59.3 Å². The van der Waals surface area contributed by atoms with Crippen molar-refractivity contribution in [3.63, 3.8) is 0 Å². The molecule has 0 saturated heterocycles. The fourth-order valence-electron chi connectivity index (χ4n) is 3.11. The topological polar surface area (TPSA) is 0 Å². The van der Waals surface area contributed by atoms with E-state index in [1.165, 1.54) is 38.5 Å². The van der Waals surface area contributed by atoms with Gasteiger partial charge in [0.05, 0.1) is 0 Å². The summed E-state index contributed by atoms with van der Waals surface area (Å²) < 4.78 is 0. The molecule has 0 heteroatoms. The Kier molecular flexibility index (Phi) is 2.80. The van der Waals surface area contributed by atoms with Crippen LogP contribution in [0.5, 0.6) is 0 Å². The highest BCUT2D eigenvalue weighted by atomic mass is 14.3. The summed E-state index contributed by atoms with van der Waals surface area (Å²) in [5, 5.41) is 0. The molecule has 0 saturated carbocycles. The quantitative estimate of drug-likeness (QED) is 0.557. The van der Waals surface area contributed by atoms with Gasteiger partial charge in [-0.15, -0.1) is 0 Å². The lowest BCUT2D eigenvalue weighted by atomic mass is 9.85. The van der Waals surface area contributed by atoms with E-state index in [4.69, 9.17) is 0 Å². The van der Waals surface area contributed by atoms with E-state index in [9.17, 15) is 0 Å². The van der Waals surface area contributed by atoms with Crippen LogP contribution in [0, 0.1) is 5.92 Å². The first-order chi connectivity index (χ1) is 6.74. The summed E-state index contributed by atoms with van der Waals surface area (Å²) in [4.78, 5) is 0. The van der Waals surface area contributed by atoms with Crippen molar-refractivity contribution in [1.82, 2.24) is 0 Å². The maximum absolute atomic E-state index is 2.40. The van der Waals surface area contributed by atoms with Crippen LogP contribution >= 0.6 is 0 Å². The van der Waals surface area contributed by atoms with E-state index in [-0.39, 0.29) is 0 Å². The summed E-state index contributed by atoms with van der Waals surface area (Å²) >= 11 is 0. The van der Waals surface area contributed by atoms with Crippen molar-refractivity contribution >= 4 is 0 Å². The van der Waals surface area contributed by atoms with Gasteiger partial charge in [0.15, 0.2) is 0 Å². The van der Waals surface area contributed by atoms with Gasteiger partial charge in [0, 0.05) is 0 Å². The van der Waals surface area contributed by atoms with Crippen LogP contribution in [0.1, 0.15) is 59.3 Å². The van der Waals surface area contributed by atoms with Gasteiger partial charge in [0.1, 0.15) is 0 Å². The van der Waals surface area contributed by atoms with E-state index < -0.39 is 0 Å². The molecule has 0 heterocycles. The van der Waals surface area contributed by atoms with Crippen molar-refractivity contribution in [3.05, 3.63) is 22.3 Å². The molecular weight excluding hydrogens is 168 g/mol. The molecule has 14 heavy (non-hydrogen) atoms. The minimum atomic E-state index is 0.925. The molecular formula is C14H22. The predicted molar refractivity (Wildman–Crippen MR) is 62.3 cm³/mol. The average Bonchev–Trinajstić information content (AvgIpc) is 2.54. The fourth-order valence-corrected chi connectivity index (χ4v) is 3.11. The molecule has 0 atom stereocenters. The smallest absolute Gasteiger partial charge is 0.0103 e. The zero-order valence-corrected chi connectivity index (χ0v) is 9.82. The Labute approximate surface area is 88.1 Å². The lowest BCUT2D eigenvalue weighted by molar-refractivity contribution is 0.615. The summed E-state index contributed by atoms with van der Waals surface area (Å²) in [5.74, 6) is 0.925. The molecule has 0 aromatic rings. The molecule has 0 amide bonds. The predicted octanol–water partition coefficient (Wildman–Crippen LogP) is 4.62. The number of allylic oxidation sites excluding steroid dienone is 4. The van der Waals surface area contributed by atoms with E-state index in [1.54, 1.807) is 22.3 Å². The Morgan fingerprint density at radius 2 is 1.36 bits per heavy atom. The molecule has 78 valence electrons. The van der Waals surface area contributed by atoms with Gasteiger partial charge in [-0.2, -0.15) is 0 Å². The van der Waals surface area contributed by atoms with Gasteiger partial charge in [-0.05, 0) is 44.4 Å². The van der Waals surface area contributed by atoms with Crippen molar-refractivity contribution in [3.8, 4) is 0 Å². The van der Waals surface area contributed by atoms with Crippen LogP contribution in [0.2, 0.25) is 0 Å². The van der Waals surface area contributed by atoms with Gasteiger partial charge in [0.25, 0.3) is 0 Å². The van der Waals surface area contributed by atoms with E-state index in [0.717, 1.165) is 5.92 Å². The molecule has 0 radical (unpaired) electrons. The normalized spacial score (nSPS) is 23.4. The molecule has 0 fully saturated rings. The Morgan fingerprint density at radius 1 is 0.929 bits per heavy atom. The van der Waals surface area contributed by atoms with E-state index in [2.05, 4.69) is 20.8 Å². The highest BCUT2D eigenvalue weighted by molar-refractivity contribution is 5.37. The summed E-state index contributed by atoms with van der Waals surface area (Å²) in [6.07, 6.45) is 7.95. The van der Waals surface area contributed by atoms with Gasteiger partial charge in [-0.25, -0.2) is 0 Å². The third kappa shape index (κ3) is 1.67. The standard InChI is InChI=1S/C14H22/c1-4-11-8-13-6-10(3)7-14(13)9-12(11)5-2/h10H,4-9H2,1-3H3. The first kappa shape index (κ1) is 10.0. The van der Waals surface area contributed by atoms with Crippen LogP contribution < -0.4 is 0 Å². The molecule has 0 aromatic heterocycles. The summed E-state index contributed by atoms with van der Waals surface area (Å²) in [6, 6.07) is 0. The Balaban J connectivity index is 2.16. The average molecular weight is 190 g/mol. The zero-order chi connectivity index (χ0) is 10.1. The largest absolute Gasteiger partial charge is 0.0669 e. The van der Waals surface area contributed by atoms with Crippen molar-refractivity contribution < 1.29 is 0 Å². The van der Waals surface area contributed by atoms with Crippen molar-refractivity contribution in [2.24, 2.45) is 5.92 Å².